The van der Waals surface area contributed by atoms with Gasteiger partial charge in [-0.15, -0.1) is 10.2 Å². The topological polar surface area (TPSA) is 76.9 Å². The van der Waals surface area contributed by atoms with Crippen LogP contribution in [-0.2, 0) is 18.4 Å². The molecule has 3 rings (SSSR count). The summed E-state index contributed by atoms with van der Waals surface area (Å²) in [6, 6.07) is 17.1. The van der Waals surface area contributed by atoms with Gasteiger partial charge in [0.2, 0.25) is 5.91 Å². The van der Waals surface area contributed by atoms with E-state index in [-0.39, 0.29) is 17.4 Å². The summed E-state index contributed by atoms with van der Waals surface area (Å²) in [5.41, 5.74) is 2.58. The van der Waals surface area contributed by atoms with Crippen molar-refractivity contribution in [1.82, 2.24) is 20.1 Å². The molecule has 27 heavy (non-hydrogen) atoms. The third kappa shape index (κ3) is 4.83. The Morgan fingerprint density at radius 1 is 1.04 bits per heavy atom. The van der Waals surface area contributed by atoms with Gasteiger partial charge in [-0.25, -0.2) is 0 Å². The minimum atomic E-state index is -0.0786. The van der Waals surface area contributed by atoms with E-state index in [0.717, 1.165) is 17.0 Å². The maximum Gasteiger partial charge on any atom is 0.217 e. The lowest BCUT2D eigenvalue weighted by molar-refractivity contribution is -0.119. The molecule has 1 N–H and O–H groups in total. The molecule has 6 nitrogen and oxygen atoms in total. The largest absolute Gasteiger partial charge is 0.352 e. The molecule has 0 aliphatic heterocycles. The van der Waals surface area contributed by atoms with Gasteiger partial charge in [0.15, 0.2) is 16.8 Å². The molecule has 0 fully saturated rings. The Morgan fingerprint density at radius 3 is 2.41 bits per heavy atom. The van der Waals surface area contributed by atoms with E-state index < -0.39 is 0 Å². The van der Waals surface area contributed by atoms with E-state index in [1.165, 1.54) is 18.7 Å². The van der Waals surface area contributed by atoms with Crippen molar-refractivity contribution in [2.45, 2.75) is 18.6 Å². The summed E-state index contributed by atoms with van der Waals surface area (Å²) in [7, 11) is 1.89. The number of thioether (sulfide) groups is 1. The summed E-state index contributed by atoms with van der Waals surface area (Å²) in [5, 5.41) is 11.9. The minimum absolute atomic E-state index is 0.0235. The molecular weight excluding hydrogens is 360 g/mol. The molecule has 2 aromatic carbocycles. The van der Waals surface area contributed by atoms with E-state index in [9.17, 15) is 9.59 Å². The maximum atomic E-state index is 12.4. The van der Waals surface area contributed by atoms with Gasteiger partial charge >= 0.3 is 0 Å². The number of Topliss-reactive ketones (excluding diaryl/α,β-unsaturated/α-hetero) is 1. The van der Waals surface area contributed by atoms with Crippen molar-refractivity contribution >= 4 is 23.5 Å². The molecule has 1 aromatic heterocycles. The van der Waals surface area contributed by atoms with Crippen LogP contribution in [0.3, 0.4) is 0 Å². The summed E-state index contributed by atoms with van der Waals surface area (Å²) in [6.07, 6.45) is 0. The van der Waals surface area contributed by atoms with Gasteiger partial charge in [0.1, 0.15) is 0 Å². The van der Waals surface area contributed by atoms with Gasteiger partial charge in [-0.2, -0.15) is 0 Å². The first-order valence-electron chi connectivity index (χ1n) is 8.49. The zero-order valence-corrected chi connectivity index (χ0v) is 16.0. The molecular formula is C20H20N4O2S. The number of rotatable bonds is 7. The Labute approximate surface area is 162 Å². The first-order chi connectivity index (χ1) is 13.0. The van der Waals surface area contributed by atoms with Crippen molar-refractivity contribution in [2.24, 2.45) is 7.05 Å². The van der Waals surface area contributed by atoms with Crippen LogP contribution in [0.1, 0.15) is 22.8 Å². The minimum Gasteiger partial charge on any atom is -0.352 e. The molecule has 138 valence electrons. The number of carbonyl (C=O) groups excluding carboxylic acids is 2. The zero-order chi connectivity index (χ0) is 19.2. The second-order valence-electron chi connectivity index (χ2n) is 6.05. The fourth-order valence-corrected chi connectivity index (χ4v) is 3.33. The van der Waals surface area contributed by atoms with E-state index in [2.05, 4.69) is 15.5 Å². The second kappa shape index (κ2) is 8.64. The highest BCUT2D eigenvalue weighted by Gasteiger charge is 2.13. The highest BCUT2D eigenvalue weighted by Crippen LogP contribution is 2.23. The van der Waals surface area contributed by atoms with Crippen LogP contribution >= 0.6 is 11.8 Å². The smallest absolute Gasteiger partial charge is 0.217 e. The maximum absolute atomic E-state index is 12.4. The Bertz CT molecular complexity index is 936. The molecule has 7 heteroatoms. The number of nitrogens with one attached hydrogen (secondary N) is 1. The molecule has 0 bridgehead atoms. The van der Waals surface area contributed by atoms with Gasteiger partial charge in [0.05, 0.1) is 5.75 Å². The summed E-state index contributed by atoms with van der Waals surface area (Å²) in [5.74, 6) is 1.000. The van der Waals surface area contributed by atoms with Gasteiger partial charge in [-0.3, -0.25) is 9.59 Å². The third-order valence-electron chi connectivity index (χ3n) is 4.02. The summed E-state index contributed by atoms with van der Waals surface area (Å²) >= 11 is 1.37. The zero-order valence-electron chi connectivity index (χ0n) is 15.2. The van der Waals surface area contributed by atoms with Gasteiger partial charge in [0.25, 0.3) is 0 Å². The second-order valence-corrected chi connectivity index (χ2v) is 6.99. The monoisotopic (exact) mass is 380 g/mol. The number of aromatic nitrogens is 3. The molecule has 0 atom stereocenters. The predicted octanol–water partition coefficient (Wildman–Crippen LogP) is 3.09. The van der Waals surface area contributed by atoms with Gasteiger partial charge in [0, 0.05) is 31.6 Å². The molecule has 0 saturated carbocycles. The number of benzene rings is 2. The van der Waals surface area contributed by atoms with Crippen LogP contribution in [0.15, 0.2) is 59.8 Å². The van der Waals surface area contributed by atoms with Gasteiger partial charge in [-0.1, -0.05) is 66.4 Å². The van der Waals surface area contributed by atoms with Crippen LogP contribution in [0.5, 0.6) is 0 Å². The lowest BCUT2D eigenvalue weighted by atomic mass is 10.1. The highest BCUT2D eigenvalue weighted by molar-refractivity contribution is 7.99. The molecule has 0 saturated heterocycles. The Morgan fingerprint density at radius 2 is 1.74 bits per heavy atom. The lowest BCUT2D eigenvalue weighted by Crippen LogP contribution is -2.18. The average molecular weight is 380 g/mol. The van der Waals surface area contributed by atoms with Crippen molar-refractivity contribution in [1.29, 1.82) is 0 Å². The number of amides is 1. The Balaban J connectivity index is 1.61. The molecule has 0 aliphatic rings. The fraction of sp³-hybridized carbons (Fsp3) is 0.200. The van der Waals surface area contributed by atoms with Crippen molar-refractivity contribution in [2.75, 3.05) is 5.75 Å². The highest BCUT2D eigenvalue weighted by atomic mass is 32.2. The molecule has 1 heterocycles. The van der Waals surface area contributed by atoms with E-state index in [4.69, 9.17) is 0 Å². The SMILES string of the molecule is CC(=O)NCc1ccc(C(=O)CSc2nnc(-c3ccccc3)n2C)cc1. The van der Waals surface area contributed by atoms with Crippen LogP contribution in [0.4, 0.5) is 0 Å². The molecule has 0 aliphatic carbocycles. The average Bonchev–Trinajstić information content (AvgIpc) is 3.06. The summed E-state index contributed by atoms with van der Waals surface area (Å²) in [6.45, 7) is 1.94. The molecule has 0 unspecified atom stereocenters. The Hall–Kier alpha value is -2.93. The fourth-order valence-electron chi connectivity index (χ4n) is 2.53. The first-order valence-corrected chi connectivity index (χ1v) is 9.47. The van der Waals surface area contributed by atoms with Crippen LogP contribution in [0.2, 0.25) is 0 Å². The third-order valence-corrected chi connectivity index (χ3v) is 5.04. The van der Waals surface area contributed by atoms with E-state index >= 15 is 0 Å². The number of nitrogens with zero attached hydrogens (tertiary/aromatic N) is 3. The number of hydrogen-bond donors (Lipinski definition) is 1. The van der Waals surface area contributed by atoms with Gasteiger partial charge < -0.3 is 9.88 Å². The van der Waals surface area contributed by atoms with E-state index in [1.54, 1.807) is 12.1 Å². The standard InChI is InChI=1S/C20H20N4O2S/c1-14(25)21-12-15-8-10-16(11-9-15)18(26)13-27-20-23-22-19(24(20)2)17-6-4-3-5-7-17/h3-11H,12-13H2,1-2H3,(H,21,25). The lowest BCUT2D eigenvalue weighted by Gasteiger charge is -2.05. The van der Waals surface area contributed by atoms with Crippen LogP contribution < -0.4 is 5.32 Å². The molecule has 0 radical (unpaired) electrons. The van der Waals surface area contributed by atoms with Crippen molar-refractivity contribution < 1.29 is 9.59 Å². The number of carbonyl (C=O) groups is 2. The molecule has 1 amide bonds. The van der Waals surface area contributed by atoms with Crippen LogP contribution in [0.25, 0.3) is 11.4 Å². The quantitative estimate of drug-likeness (QED) is 0.503. The van der Waals surface area contributed by atoms with Crippen LogP contribution in [-0.4, -0.2) is 32.2 Å². The van der Waals surface area contributed by atoms with Gasteiger partial charge in [-0.05, 0) is 5.56 Å². The van der Waals surface area contributed by atoms with E-state index in [0.29, 0.717) is 17.3 Å². The summed E-state index contributed by atoms with van der Waals surface area (Å²) in [4.78, 5) is 23.4. The first kappa shape index (κ1) is 18.8. The Kier molecular flexibility index (Phi) is 6.03. The predicted molar refractivity (Wildman–Crippen MR) is 105 cm³/mol. The summed E-state index contributed by atoms with van der Waals surface area (Å²) < 4.78 is 1.89. The molecule has 3 aromatic rings. The van der Waals surface area contributed by atoms with E-state index in [1.807, 2.05) is 54.1 Å². The van der Waals surface area contributed by atoms with Crippen molar-refractivity contribution in [3.8, 4) is 11.4 Å². The van der Waals surface area contributed by atoms with Crippen molar-refractivity contribution in [3.05, 3.63) is 65.7 Å². The van der Waals surface area contributed by atoms with Crippen molar-refractivity contribution in [3.63, 3.8) is 0 Å². The number of ketones is 1. The molecule has 0 spiro atoms. The normalized spacial score (nSPS) is 10.6. The number of hydrogen-bond acceptors (Lipinski definition) is 5. The van der Waals surface area contributed by atoms with Crippen LogP contribution in [0, 0.1) is 0 Å².